The van der Waals surface area contributed by atoms with Gasteiger partial charge in [0.05, 0.1) is 0 Å². The predicted octanol–water partition coefficient (Wildman–Crippen LogP) is 4.48. The van der Waals surface area contributed by atoms with Gasteiger partial charge in [0.1, 0.15) is 11.6 Å². The lowest BCUT2D eigenvalue weighted by atomic mass is 9.77. The van der Waals surface area contributed by atoms with Crippen LogP contribution in [0.1, 0.15) is 29.4 Å². The van der Waals surface area contributed by atoms with Crippen LogP contribution < -0.4 is 5.32 Å². The van der Waals surface area contributed by atoms with Crippen LogP contribution in [0.15, 0.2) is 42.5 Å². The largest absolute Gasteiger partial charge is 0.316 e. The lowest BCUT2D eigenvalue weighted by Crippen LogP contribution is -2.34. The number of halogens is 3. The first-order valence-corrected chi connectivity index (χ1v) is 7.44. The lowest BCUT2D eigenvalue weighted by Gasteiger charge is -2.33. The van der Waals surface area contributed by atoms with Crippen molar-refractivity contribution in [2.75, 3.05) is 13.1 Å². The van der Waals surface area contributed by atoms with E-state index in [0.29, 0.717) is 10.6 Å². The van der Waals surface area contributed by atoms with E-state index in [4.69, 9.17) is 11.6 Å². The Morgan fingerprint density at radius 2 is 1.76 bits per heavy atom. The Labute approximate surface area is 127 Å². The average molecular weight is 308 g/mol. The Balaban J connectivity index is 1.98. The first-order chi connectivity index (χ1) is 10.1. The molecule has 0 aliphatic carbocycles. The summed E-state index contributed by atoms with van der Waals surface area (Å²) in [6.07, 6.45) is 0.785. The van der Waals surface area contributed by atoms with Gasteiger partial charge in [-0.2, -0.15) is 0 Å². The molecule has 0 radical (unpaired) electrons. The Kier molecular flexibility index (Phi) is 4.22. The molecule has 4 heteroatoms. The molecule has 0 spiro atoms. The summed E-state index contributed by atoms with van der Waals surface area (Å²) in [7, 11) is 0. The third-order valence-corrected chi connectivity index (χ3v) is 4.39. The van der Waals surface area contributed by atoms with Gasteiger partial charge >= 0.3 is 0 Å². The van der Waals surface area contributed by atoms with E-state index >= 15 is 0 Å². The van der Waals surface area contributed by atoms with Crippen molar-refractivity contribution < 1.29 is 8.78 Å². The topological polar surface area (TPSA) is 12.0 Å². The molecule has 1 fully saturated rings. The second kappa shape index (κ2) is 6.12. The summed E-state index contributed by atoms with van der Waals surface area (Å²) in [6, 6.07) is 11.3. The fourth-order valence-electron chi connectivity index (χ4n) is 3.09. The Morgan fingerprint density at radius 3 is 2.52 bits per heavy atom. The Hall–Kier alpha value is -1.45. The highest BCUT2D eigenvalue weighted by atomic mass is 35.5. The van der Waals surface area contributed by atoms with Crippen LogP contribution in [-0.2, 0) is 0 Å². The van der Waals surface area contributed by atoms with Crippen molar-refractivity contribution in [2.45, 2.75) is 18.3 Å². The molecule has 1 aliphatic rings. The molecule has 1 nitrogen and oxygen atoms in total. The maximum absolute atomic E-state index is 14.1. The van der Waals surface area contributed by atoms with Gasteiger partial charge in [-0.05, 0) is 60.3 Å². The van der Waals surface area contributed by atoms with Crippen LogP contribution in [0.3, 0.4) is 0 Å². The molecule has 0 saturated carbocycles. The minimum Gasteiger partial charge on any atom is -0.316 e. The number of rotatable bonds is 2. The first kappa shape index (κ1) is 14.5. The molecule has 0 bridgehead atoms. The number of nitrogens with one attached hydrogen (secondary N) is 1. The van der Waals surface area contributed by atoms with Crippen molar-refractivity contribution in [3.05, 3.63) is 70.2 Å². The summed E-state index contributed by atoms with van der Waals surface area (Å²) >= 11 is 5.92. The highest BCUT2D eigenvalue weighted by Crippen LogP contribution is 2.38. The van der Waals surface area contributed by atoms with Crippen molar-refractivity contribution >= 4 is 11.6 Å². The molecule has 2 atom stereocenters. The van der Waals surface area contributed by atoms with E-state index in [-0.39, 0.29) is 23.5 Å². The van der Waals surface area contributed by atoms with Gasteiger partial charge in [0.2, 0.25) is 0 Å². The fraction of sp³-hybridized carbons (Fsp3) is 0.294. The summed E-state index contributed by atoms with van der Waals surface area (Å²) in [4.78, 5) is 0. The maximum atomic E-state index is 14.1. The van der Waals surface area contributed by atoms with E-state index in [1.54, 1.807) is 0 Å². The van der Waals surface area contributed by atoms with Crippen molar-refractivity contribution in [2.24, 2.45) is 0 Å². The standard InChI is InChI=1S/C17H16ClF2N/c18-12-3-1-11(2-4-12)16-10-21-8-7-14(16)15-9-13(19)5-6-17(15)20/h1-6,9,14,16,21H,7-8,10H2. The number of hydrogen-bond donors (Lipinski definition) is 1. The quantitative estimate of drug-likeness (QED) is 0.862. The summed E-state index contributed by atoms with van der Waals surface area (Å²) in [5, 5.41) is 4.01. The van der Waals surface area contributed by atoms with E-state index in [1.165, 1.54) is 12.1 Å². The van der Waals surface area contributed by atoms with Crippen LogP contribution in [-0.4, -0.2) is 13.1 Å². The molecule has 2 aromatic carbocycles. The molecule has 1 saturated heterocycles. The number of benzene rings is 2. The van der Waals surface area contributed by atoms with Gasteiger partial charge < -0.3 is 5.32 Å². The molecule has 0 amide bonds. The van der Waals surface area contributed by atoms with Gasteiger partial charge in [-0.25, -0.2) is 8.78 Å². The van der Waals surface area contributed by atoms with Crippen LogP contribution in [0.2, 0.25) is 5.02 Å². The van der Waals surface area contributed by atoms with Gasteiger partial charge in [0, 0.05) is 17.5 Å². The Morgan fingerprint density at radius 1 is 1.00 bits per heavy atom. The summed E-state index contributed by atoms with van der Waals surface area (Å²) in [6.45, 7) is 1.56. The Bertz CT molecular complexity index is 627. The fourth-order valence-corrected chi connectivity index (χ4v) is 3.22. The predicted molar refractivity (Wildman–Crippen MR) is 80.8 cm³/mol. The van der Waals surface area contributed by atoms with Crippen molar-refractivity contribution in [1.82, 2.24) is 5.32 Å². The van der Waals surface area contributed by atoms with Gasteiger partial charge in [-0.3, -0.25) is 0 Å². The van der Waals surface area contributed by atoms with Gasteiger partial charge in [0.25, 0.3) is 0 Å². The molecule has 110 valence electrons. The van der Waals surface area contributed by atoms with Crippen LogP contribution in [0.4, 0.5) is 8.78 Å². The summed E-state index contributed by atoms with van der Waals surface area (Å²) in [5.74, 6) is -0.627. The molecular weight excluding hydrogens is 292 g/mol. The summed E-state index contributed by atoms with van der Waals surface area (Å²) < 4.78 is 27.6. The van der Waals surface area contributed by atoms with Crippen LogP contribution in [0.5, 0.6) is 0 Å². The van der Waals surface area contributed by atoms with E-state index in [0.717, 1.165) is 31.1 Å². The first-order valence-electron chi connectivity index (χ1n) is 7.06. The number of piperidine rings is 1. The van der Waals surface area contributed by atoms with Crippen LogP contribution in [0, 0.1) is 11.6 Å². The molecule has 1 aliphatic heterocycles. The van der Waals surface area contributed by atoms with Crippen LogP contribution in [0.25, 0.3) is 0 Å². The van der Waals surface area contributed by atoms with E-state index in [1.807, 2.05) is 24.3 Å². The number of hydrogen-bond acceptors (Lipinski definition) is 1. The van der Waals surface area contributed by atoms with Crippen LogP contribution >= 0.6 is 11.6 Å². The smallest absolute Gasteiger partial charge is 0.126 e. The molecule has 1 N–H and O–H groups in total. The normalized spacial score (nSPS) is 22.2. The molecule has 0 aromatic heterocycles. The zero-order valence-corrected chi connectivity index (χ0v) is 12.2. The molecule has 21 heavy (non-hydrogen) atoms. The van der Waals surface area contributed by atoms with Crippen molar-refractivity contribution in [3.63, 3.8) is 0 Å². The monoisotopic (exact) mass is 307 g/mol. The van der Waals surface area contributed by atoms with E-state index < -0.39 is 0 Å². The minimum atomic E-state index is -0.389. The van der Waals surface area contributed by atoms with Gasteiger partial charge in [-0.1, -0.05) is 23.7 Å². The molecule has 2 unspecified atom stereocenters. The van der Waals surface area contributed by atoms with Gasteiger partial charge in [-0.15, -0.1) is 0 Å². The zero-order valence-electron chi connectivity index (χ0n) is 11.5. The molecule has 3 rings (SSSR count). The average Bonchev–Trinajstić information content (AvgIpc) is 2.51. The van der Waals surface area contributed by atoms with Crippen molar-refractivity contribution in [3.8, 4) is 0 Å². The maximum Gasteiger partial charge on any atom is 0.126 e. The summed E-state index contributed by atoms with van der Waals surface area (Å²) in [5.41, 5.74) is 1.57. The highest BCUT2D eigenvalue weighted by molar-refractivity contribution is 6.30. The zero-order chi connectivity index (χ0) is 14.8. The molecular formula is C17H16ClF2N. The molecule has 1 heterocycles. The second-order valence-corrected chi connectivity index (χ2v) is 5.86. The van der Waals surface area contributed by atoms with E-state index in [9.17, 15) is 8.78 Å². The van der Waals surface area contributed by atoms with Crippen molar-refractivity contribution in [1.29, 1.82) is 0 Å². The van der Waals surface area contributed by atoms with E-state index in [2.05, 4.69) is 5.32 Å². The highest BCUT2D eigenvalue weighted by Gasteiger charge is 2.29. The third-order valence-electron chi connectivity index (χ3n) is 4.14. The lowest BCUT2D eigenvalue weighted by molar-refractivity contribution is 0.391. The SMILES string of the molecule is Fc1ccc(F)c(C2CCNCC2c2ccc(Cl)cc2)c1. The molecule has 2 aromatic rings. The third kappa shape index (κ3) is 3.09. The van der Waals surface area contributed by atoms with Gasteiger partial charge in [0.15, 0.2) is 0 Å². The second-order valence-electron chi connectivity index (χ2n) is 5.42. The minimum absolute atomic E-state index is 0.0249.